The van der Waals surface area contributed by atoms with Gasteiger partial charge in [0, 0.05) is 36.8 Å². The Balaban J connectivity index is 1.16. The van der Waals surface area contributed by atoms with E-state index in [4.69, 9.17) is 9.72 Å². The maximum atomic E-state index is 5.88. The van der Waals surface area contributed by atoms with Crippen molar-refractivity contribution >= 4 is 17.3 Å². The Morgan fingerprint density at radius 3 is 2.73 bits per heavy atom. The molecule has 33 heavy (non-hydrogen) atoms. The lowest BCUT2D eigenvalue weighted by molar-refractivity contribution is 0.299. The van der Waals surface area contributed by atoms with Crippen molar-refractivity contribution in [1.29, 1.82) is 0 Å². The van der Waals surface area contributed by atoms with Crippen LogP contribution in [0.5, 0.6) is 5.75 Å². The van der Waals surface area contributed by atoms with Crippen molar-refractivity contribution in [1.82, 2.24) is 40.1 Å². The summed E-state index contributed by atoms with van der Waals surface area (Å²) in [5, 5.41) is 14.3. The van der Waals surface area contributed by atoms with Gasteiger partial charge >= 0.3 is 0 Å². The number of hydrogen-bond donors (Lipinski definition) is 0. The van der Waals surface area contributed by atoms with Crippen LogP contribution in [0.3, 0.4) is 0 Å². The van der Waals surface area contributed by atoms with E-state index in [2.05, 4.69) is 54.6 Å². The van der Waals surface area contributed by atoms with E-state index >= 15 is 0 Å². The van der Waals surface area contributed by atoms with Gasteiger partial charge in [-0.25, -0.2) is 19.9 Å². The van der Waals surface area contributed by atoms with Gasteiger partial charge in [0.25, 0.3) is 0 Å². The smallest absolute Gasteiger partial charge is 0.225 e. The number of pyridine rings is 1. The first-order chi connectivity index (χ1) is 16.2. The Kier molecular flexibility index (Phi) is 6.20. The third-order valence-electron chi connectivity index (χ3n) is 5.87. The lowest BCUT2D eigenvalue weighted by Gasteiger charge is -2.36. The average molecular weight is 464 g/mol. The standard InChI is InChI=1S/C22H25N9OS/c1-3-16-8-24-22(25-9-16)30-7-6-19(15(2)11-30)21-27-17(13-33-21)12-32-18-4-5-20(23-10-18)31-14-26-28-29-31/h4-5,8-10,13-15,19H,3,6-7,11-12H2,1-2H3/t15-,19+/m0/s1. The van der Waals surface area contributed by atoms with E-state index in [1.54, 1.807) is 17.5 Å². The number of aryl methyl sites for hydroxylation is 1. The highest BCUT2D eigenvalue weighted by Crippen LogP contribution is 2.35. The Morgan fingerprint density at radius 2 is 2.03 bits per heavy atom. The van der Waals surface area contributed by atoms with Crippen LogP contribution in [0.25, 0.3) is 5.82 Å². The molecule has 1 aliphatic heterocycles. The number of anilines is 1. The number of nitrogens with zero attached hydrogens (tertiary/aromatic N) is 9. The van der Waals surface area contributed by atoms with Gasteiger partial charge in [-0.2, -0.15) is 4.68 Å². The third-order valence-corrected chi connectivity index (χ3v) is 6.89. The van der Waals surface area contributed by atoms with Crippen molar-refractivity contribution < 1.29 is 4.74 Å². The number of piperidine rings is 1. The first kappa shape index (κ1) is 21.4. The average Bonchev–Trinajstić information content (AvgIpc) is 3.56. The fourth-order valence-electron chi connectivity index (χ4n) is 3.96. The minimum absolute atomic E-state index is 0.410. The molecule has 170 valence electrons. The molecule has 0 bridgehead atoms. The summed E-state index contributed by atoms with van der Waals surface area (Å²) in [5.41, 5.74) is 2.10. The highest BCUT2D eigenvalue weighted by molar-refractivity contribution is 7.09. The molecule has 0 N–H and O–H groups in total. The van der Waals surface area contributed by atoms with E-state index in [-0.39, 0.29) is 0 Å². The minimum atomic E-state index is 0.410. The molecule has 0 unspecified atom stereocenters. The summed E-state index contributed by atoms with van der Waals surface area (Å²) in [6, 6.07) is 3.66. The zero-order valence-corrected chi connectivity index (χ0v) is 19.4. The van der Waals surface area contributed by atoms with Gasteiger partial charge in [0.2, 0.25) is 5.95 Å². The van der Waals surface area contributed by atoms with Gasteiger partial charge in [-0.05, 0) is 46.9 Å². The molecule has 11 heteroatoms. The monoisotopic (exact) mass is 463 g/mol. The molecule has 4 aromatic rings. The van der Waals surface area contributed by atoms with Crippen LogP contribution in [0.15, 0.2) is 42.4 Å². The van der Waals surface area contributed by atoms with Crippen molar-refractivity contribution in [2.24, 2.45) is 5.92 Å². The van der Waals surface area contributed by atoms with E-state index < -0.39 is 0 Å². The fraction of sp³-hybridized carbons (Fsp3) is 0.409. The van der Waals surface area contributed by atoms with Gasteiger partial charge in [-0.15, -0.1) is 16.4 Å². The van der Waals surface area contributed by atoms with E-state index in [1.165, 1.54) is 21.6 Å². The molecule has 1 saturated heterocycles. The highest BCUT2D eigenvalue weighted by atomic mass is 32.1. The lowest BCUT2D eigenvalue weighted by atomic mass is 9.87. The number of aromatic nitrogens is 8. The van der Waals surface area contributed by atoms with Crippen LogP contribution in [0.4, 0.5) is 5.95 Å². The minimum Gasteiger partial charge on any atom is -0.486 e. The second-order valence-electron chi connectivity index (χ2n) is 8.14. The molecule has 10 nitrogen and oxygen atoms in total. The normalized spacial score (nSPS) is 18.4. The molecule has 0 aliphatic carbocycles. The zero-order valence-electron chi connectivity index (χ0n) is 18.6. The summed E-state index contributed by atoms with van der Waals surface area (Å²) in [6.45, 7) is 6.68. The Labute approximate surface area is 195 Å². The molecule has 0 saturated carbocycles. The Morgan fingerprint density at radius 1 is 1.15 bits per heavy atom. The second-order valence-corrected chi connectivity index (χ2v) is 9.03. The van der Waals surface area contributed by atoms with E-state index in [1.807, 2.05) is 24.5 Å². The van der Waals surface area contributed by atoms with Crippen molar-refractivity contribution in [3.63, 3.8) is 0 Å². The number of rotatable bonds is 7. The molecule has 4 aromatic heterocycles. The first-order valence-corrected chi connectivity index (χ1v) is 11.9. The molecular weight excluding hydrogens is 438 g/mol. The van der Waals surface area contributed by atoms with Crippen molar-refractivity contribution in [3.05, 3.63) is 58.7 Å². The van der Waals surface area contributed by atoms with Crippen LogP contribution in [0, 0.1) is 5.92 Å². The van der Waals surface area contributed by atoms with Gasteiger partial charge in [0.15, 0.2) is 5.82 Å². The lowest BCUT2D eigenvalue weighted by Crippen LogP contribution is -2.39. The molecule has 0 aromatic carbocycles. The van der Waals surface area contributed by atoms with Crippen LogP contribution >= 0.6 is 11.3 Å². The molecule has 2 atom stereocenters. The summed E-state index contributed by atoms with van der Waals surface area (Å²) in [5.74, 6) is 3.04. The summed E-state index contributed by atoms with van der Waals surface area (Å²) < 4.78 is 7.38. The summed E-state index contributed by atoms with van der Waals surface area (Å²) in [7, 11) is 0. The van der Waals surface area contributed by atoms with Crippen LogP contribution in [-0.4, -0.2) is 53.2 Å². The summed E-state index contributed by atoms with van der Waals surface area (Å²) in [4.78, 5) is 20.6. The maximum absolute atomic E-state index is 5.88. The quantitative estimate of drug-likeness (QED) is 0.408. The highest BCUT2D eigenvalue weighted by Gasteiger charge is 2.30. The van der Waals surface area contributed by atoms with Crippen molar-refractivity contribution in [3.8, 4) is 11.6 Å². The van der Waals surface area contributed by atoms with Crippen LogP contribution in [-0.2, 0) is 13.0 Å². The van der Waals surface area contributed by atoms with Crippen LogP contribution in [0.1, 0.15) is 42.5 Å². The molecule has 1 aliphatic rings. The van der Waals surface area contributed by atoms with E-state index in [0.717, 1.165) is 37.6 Å². The summed E-state index contributed by atoms with van der Waals surface area (Å²) >= 11 is 1.72. The summed E-state index contributed by atoms with van der Waals surface area (Å²) in [6.07, 6.45) is 9.02. The van der Waals surface area contributed by atoms with Crippen LogP contribution in [0.2, 0.25) is 0 Å². The fourth-order valence-corrected chi connectivity index (χ4v) is 5.04. The topological polar surface area (TPSA) is 108 Å². The van der Waals surface area contributed by atoms with Crippen molar-refractivity contribution in [2.75, 3.05) is 18.0 Å². The predicted molar refractivity (Wildman–Crippen MR) is 124 cm³/mol. The number of hydrogen-bond acceptors (Lipinski definition) is 10. The van der Waals surface area contributed by atoms with Gasteiger partial charge in [-0.3, -0.25) is 0 Å². The SMILES string of the molecule is CCc1cnc(N2CC[C@@H](c3nc(COc4ccc(-n5cnnn5)nc4)cs3)[C@@H](C)C2)nc1. The van der Waals surface area contributed by atoms with Crippen molar-refractivity contribution in [2.45, 2.75) is 39.2 Å². The Hall–Kier alpha value is -3.47. The first-order valence-electron chi connectivity index (χ1n) is 11.0. The molecule has 0 radical (unpaired) electrons. The molecule has 5 rings (SSSR count). The molecule has 0 amide bonds. The third kappa shape index (κ3) is 4.82. The number of tetrazole rings is 1. The number of thiazole rings is 1. The molecule has 0 spiro atoms. The van der Waals surface area contributed by atoms with Gasteiger partial charge in [-0.1, -0.05) is 13.8 Å². The zero-order chi connectivity index (χ0) is 22.6. The molecule has 5 heterocycles. The largest absolute Gasteiger partial charge is 0.486 e. The van der Waals surface area contributed by atoms with E-state index in [0.29, 0.717) is 30.0 Å². The van der Waals surface area contributed by atoms with Gasteiger partial charge in [0.1, 0.15) is 18.7 Å². The van der Waals surface area contributed by atoms with Gasteiger partial charge < -0.3 is 9.64 Å². The second kappa shape index (κ2) is 9.57. The van der Waals surface area contributed by atoms with Gasteiger partial charge in [0.05, 0.1) is 16.9 Å². The predicted octanol–water partition coefficient (Wildman–Crippen LogP) is 3.08. The number of ether oxygens (including phenoxy) is 1. The molecule has 1 fully saturated rings. The molecular formula is C22H25N9OS. The Bertz CT molecular complexity index is 1160. The maximum Gasteiger partial charge on any atom is 0.225 e. The van der Waals surface area contributed by atoms with E-state index in [9.17, 15) is 0 Å². The van der Waals surface area contributed by atoms with Crippen LogP contribution < -0.4 is 9.64 Å².